The van der Waals surface area contributed by atoms with Crippen LogP contribution in [0.2, 0.25) is 0 Å². The molecule has 0 unspecified atom stereocenters. The van der Waals surface area contributed by atoms with E-state index in [1.165, 1.54) is 12.1 Å². The van der Waals surface area contributed by atoms with Crippen molar-refractivity contribution in [3.05, 3.63) is 65.5 Å². The van der Waals surface area contributed by atoms with Crippen molar-refractivity contribution in [1.82, 2.24) is 9.78 Å². The number of carbonyl (C=O) groups is 2. The van der Waals surface area contributed by atoms with Crippen LogP contribution in [0.1, 0.15) is 23.6 Å². The molecule has 142 valence electrons. The number of anilines is 2. The van der Waals surface area contributed by atoms with Crippen LogP contribution in [0.3, 0.4) is 0 Å². The van der Waals surface area contributed by atoms with Crippen LogP contribution >= 0.6 is 0 Å². The van der Waals surface area contributed by atoms with E-state index in [0.29, 0.717) is 22.8 Å². The number of rotatable bonds is 3. The number of nitrogens with zero attached hydrogens (tertiary/aromatic N) is 2. The number of benzene rings is 2. The van der Waals surface area contributed by atoms with E-state index < -0.39 is 6.04 Å². The maximum absolute atomic E-state index is 13.2. The van der Waals surface area contributed by atoms with Gasteiger partial charge < -0.3 is 10.6 Å². The standard InChI is InChI=1S/C21H19FN4O2/c1-12-3-9-16(10-4-12)23-21(28)17-11-18(27)24-20-13(2)19(25-26(17)20)14-5-7-15(22)8-6-14/h3-10,17H,11H2,1-2H3,(H,23,28)(H,24,27)/t17-/m1/s1. The molecular formula is C21H19FN4O2. The van der Waals surface area contributed by atoms with Gasteiger partial charge in [0, 0.05) is 16.8 Å². The largest absolute Gasteiger partial charge is 0.324 e. The normalized spacial score (nSPS) is 15.7. The summed E-state index contributed by atoms with van der Waals surface area (Å²) in [7, 11) is 0. The summed E-state index contributed by atoms with van der Waals surface area (Å²) in [5.41, 5.74) is 3.79. The van der Waals surface area contributed by atoms with E-state index in [0.717, 1.165) is 11.1 Å². The highest BCUT2D eigenvalue weighted by molar-refractivity contribution is 6.02. The smallest absolute Gasteiger partial charge is 0.249 e. The molecule has 2 aromatic carbocycles. The lowest BCUT2D eigenvalue weighted by atomic mass is 10.1. The Morgan fingerprint density at radius 1 is 1.14 bits per heavy atom. The molecule has 1 aliphatic heterocycles. The van der Waals surface area contributed by atoms with Crippen molar-refractivity contribution in [2.75, 3.05) is 10.6 Å². The lowest BCUT2D eigenvalue weighted by molar-refractivity contribution is -0.125. The highest BCUT2D eigenvalue weighted by Gasteiger charge is 2.34. The summed E-state index contributed by atoms with van der Waals surface area (Å²) in [6.07, 6.45) is -0.00529. The Labute approximate surface area is 161 Å². The molecule has 0 spiro atoms. The molecule has 0 fully saturated rings. The Hall–Kier alpha value is -3.48. The Kier molecular flexibility index (Phi) is 4.43. The Morgan fingerprint density at radius 3 is 2.50 bits per heavy atom. The number of aromatic nitrogens is 2. The third kappa shape index (κ3) is 3.26. The molecule has 0 saturated carbocycles. The average molecular weight is 378 g/mol. The van der Waals surface area contributed by atoms with Crippen molar-refractivity contribution in [3.63, 3.8) is 0 Å². The van der Waals surface area contributed by atoms with Gasteiger partial charge in [0.2, 0.25) is 11.8 Å². The zero-order valence-electron chi connectivity index (χ0n) is 15.5. The van der Waals surface area contributed by atoms with Gasteiger partial charge in [0.05, 0.1) is 12.1 Å². The molecule has 4 rings (SSSR count). The molecule has 2 heterocycles. The molecule has 0 aliphatic carbocycles. The number of aryl methyl sites for hydroxylation is 1. The molecule has 1 aromatic heterocycles. The fourth-order valence-corrected chi connectivity index (χ4v) is 3.29. The topological polar surface area (TPSA) is 76.0 Å². The van der Waals surface area contributed by atoms with Crippen LogP contribution in [0.5, 0.6) is 0 Å². The number of halogens is 1. The zero-order valence-corrected chi connectivity index (χ0v) is 15.5. The minimum Gasteiger partial charge on any atom is -0.324 e. The Balaban J connectivity index is 1.69. The van der Waals surface area contributed by atoms with Crippen molar-refractivity contribution in [2.45, 2.75) is 26.3 Å². The van der Waals surface area contributed by atoms with Crippen LogP contribution in [-0.4, -0.2) is 21.6 Å². The van der Waals surface area contributed by atoms with Crippen LogP contribution < -0.4 is 10.6 Å². The first-order valence-corrected chi connectivity index (χ1v) is 8.95. The van der Waals surface area contributed by atoms with Crippen LogP contribution in [0.4, 0.5) is 15.9 Å². The minimum absolute atomic E-state index is 0.00529. The van der Waals surface area contributed by atoms with Gasteiger partial charge in [-0.1, -0.05) is 17.7 Å². The maximum Gasteiger partial charge on any atom is 0.249 e. The third-order valence-electron chi connectivity index (χ3n) is 4.82. The van der Waals surface area contributed by atoms with Crippen molar-refractivity contribution in [1.29, 1.82) is 0 Å². The molecule has 2 N–H and O–H groups in total. The van der Waals surface area contributed by atoms with Crippen molar-refractivity contribution in [3.8, 4) is 11.3 Å². The van der Waals surface area contributed by atoms with E-state index in [1.807, 2.05) is 38.1 Å². The van der Waals surface area contributed by atoms with Gasteiger partial charge in [-0.05, 0) is 50.2 Å². The summed E-state index contributed by atoms with van der Waals surface area (Å²) in [5.74, 6) is -0.410. The zero-order chi connectivity index (χ0) is 19.8. The van der Waals surface area contributed by atoms with Crippen molar-refractivity contribution in [2.24, 2.45) is 0 Å². The van der Waals surface area contributed by atoms with Gasteiger partial charge in [0.25, 0.3) is 0 Å². The van der Waals surface area contributed by atoms with E-state index in [2.05, 4.69) is 15.7 Å². The number of hydrogen-bond donors (Lipinski definition) is 2. The predicted octanol–water partition coefficient (Wildman–Crippen LogP) is 3.83. The quantitative estimate of drug-likeness (QED) is 0.727. The molecule has 0 bridgehead atoms. The van der Waals surface area contributed by atoms with E-state index in [-0.39, 0.29) is 24.1 Å². The molecule has 1 atom stereocenters. The van der Waals surface area contributed by atoms with Crippen LogP contribution in [0.15, 0.2) is 48.5 Å². The molecule has 1 aliphatic rings. The Morgan fingerprint density at radius 2 is 1.82 bits per heavy atom. The SMILES string of the molecule is Cc1ccc(NC(=O)[C@H]2CC(=O)Nc3c(C)c(-c4ccc(F)cc4)nn32)cc1. The molecule has 7 heteroatoms. The number of hydrogen-bond acceptors (Lipinski definition) is 3. The second kappa shape index (κ2) is 6.92. The van der Waals surface area contributed by atoms with E-state index in [4.69, 9.17) is 0 Å². The van der Waals surface area contributed by atoms with Gasteiger partial charge in [-0.15, -0.1) is 0 Å². The second-order valence-corrected chi connectivity index (χ2v) is 6.90. The number of nitrogens with one attached hydrogen (secondary N) is 2. The first-order valence-electron chi connectivity index (χ1n) is 8.95. The van der Waals surface area contributed by atoms with Crippen LogP contribution in [0.25, 0.3) is 11.3 Å². The number of fused-ring (bicyclic) bond motifs is 1. The van der Waals surface area contributed by atoms with Gasteiger partial charge >= 0.3 is 0 Å². The second-order valence-electron chi connectivity index (χ2n) is 6.90. The fraction of sp³-hybridized carbons (Fsp3) is 0.190. The predicted molar refractivity (Wildman–Crippen MR) is 104 cm³/mol. The summed E-state index contributed by atoms with van der Waals surface area (Å²) in [6, 6.07) is 12.6. The summed E-state index contributed by atoms with van der Waals surface area (Å²) in [4.78, 5) is 25.1. The molecule has 2 amide bonds. The van der Waals surface area contributed by atoms with E-state index in [1.54, 1.807) is 16.8 Å². The lowest BCUT2D eigenvalue weighted by Gasteiger charge is -2.24. The number of carbonyl (C=O) groups excluding carboxylic acids is 2. The average Bonchev–Trinajstić information content (AvgIpc) is 3.00. The van der Waals surface area contributed by atoms with Gasteiger partial charge in [0.1, 0.15) is 17.7 Å². The van der Waals surface area contributed by atoms with Crippen LogP contribution in [-0.2, 0) is 9.59 Å². The lowest BCUT2D eigenvalue weighted by Crippen LogP contribution is -2.35. The molecule has 6 nitrogen and oxygen atoms in total. The summed E-state index contributed by atoms with van der Waals surface area (Å²) in [6.45, 7) is 3.78. The summed E-state index contributed by atoms with van der Waals surface area (Å²) in [5, 5.41) is 10.2. The first-order chi connectivity index (χ1) is 13.4. The molecule has 28 heavy (non-hydrogen) atoms. The molecule has 0 saturated heterocycles. The van der Waals surface area contributed by atoms with E-state index in [9.17, 15) is 14.0 Å². The molecular weight excluding hydrogens is 359 g/mol. The van der Waals surface area contributed by atoms with Crippen molar-refractivity contribution < 1.29 is 14.0 Å². The van der Waals surface area contributed by atoms with Crippen LogP contribution in [0, 0.1) is 19.7 Å². The number of amides is 2. The maximum atomic E-state index is 13.2. The van der Waals surface area contributed by atoms with Gasteiger partial charge in [-0.3, -0.25) is 9.59 Å². The monoisotopic (exact) mass is 378 g/mol. The minimum atomic E-state index is -0.766. The summed E-state index contributed by atoms with van der Waals surface area (Å²) < 4.78 is 14.8. The third-order valence-corrected chi connectivity index (χ3v) is 4.82. The van der Waals surface area contributed by atoms with Gasteiger partial charge in [0.15, 0.2) is 0 Å². The summed E-state index contributed by atoms with van der Waals surface area (Å²) >= 11 is 0. The van der Waals surface area contributed by atoms with Gasteiger partial charge in [-0.25, -0.2) is 9.07 Å². The highest BCUT2D eigenvalue weighted by atomic mass is 19.1. The molecule has 0 radical (unpaired) electrons. The van der Waals surface area contributed by atoms with E-state index >= 15 is 0 Å². The highest BCUT2D eigenvalue weighted by Crippen LogP contribution is 2.34. The first kappa shape index (κ1) is 17.9. The Bertz CT molecular complexity index is 1060. The van der Waals surface area contributed by atoms with Crippen molar-refractivity contribution >= 4 is 23.3 Å². The molecule has 3 aromatic rings. The fourth-order valence-electron chi connectivity index (χ4n) is 3.29. The van der Waals surface area contributed by atoms with Gasteiger partial charge in [-0.2, -0.15) is 5.10 Å².